The van der Waals surface area contributed by atoms with Crippen molar-refractivity contribution in [3.8, 4) is 0 Å². The molecule has 0 aromatic carbocycles. The van der Waals surface area contributed by atoms with E-state index in [4.69, 9.17) is 5.21 Å². The van der Waals surface area contributed by atoms with Crippen LogP contribution in [0.3, 0.4) is 0 Å². The highest BCUT2D eigenvalue weighted by molar-refractivity contribution is 5.35. The van der Waals surface area contributed by atoms with E-state index in [1.54, 1.807) is 0 Å². The molecule has 0 radical (unpaired) electrons. The molecule has 2 atom stereocenters. The van der Waals surface area contributed by atoms with E-state index in [1.807, 2.05) is 0 Å². The fourth-order valence-corrected chi connectivity index (χ4v) is 1.05. The number of nitrogens with one attached hydrogen (secondary N) is 1. The first kappa shape index (κ1) is 11.1. The average molecular weight is 215 g/mol. The molecule has 80 valence electrons. The van der Waals surface area contributed by atoms with Crippen LogP contribution in [-0.2, 0) is 0 Å². The van der Waals surface area contributed by atoms with Crippen LogP contribution >= 0.6 is 0 Å². The molecule has 2 unspecified atom stereocenters. The Hall–Kier alpha value is -0.950. The summed E-state index contributed by atoms with van der Waals surface area (Å²) in [4.78, 5) is 0. The van der Waals surface area contributed by atoms with Crippen molar-refractivity contribution in [3.05, 3.63) is 23.6 Å². The fourth-order valence-electron chi connectivity index (χ4n) is 1.05. The van der Waals surface area contributed by atoms with Gasteiger partial charge in [-0.1, -0.05) is 0 Å². The van der Waals surface area contributed by atoms with Crippen LogP contribution in [-0.4, -0.2) is 23.6 Å². The number of rotatable bonds is 2. The van der Waals surface area contributed by atoms with Gasteiger partial charge in [-0.15, -0.1) is 0 Å². The third kappa shape index (κ3) is 1.64. The van der Waals surface area contributed by atoms with Gasteiger partial charge in [-0.2, -0.15) is 0 Å². The molecule has 0 aromatic heterocycles. The molecule has 1 aliphatic carbocycles. The van der Waals surface area contributed by atoms with Gasteiger partial charge in [0, 0.05) is 0 Å². The van der Waals surface area contributed by atoms with Crippen molar-refractivity contribution in [1.29, 1.82) is 0 Å². The van der Waals surface area contributed by atoms with Gasteiger partial charge in [0.05, 0.1) is 6.54 Å². The monoisotopic (exact) mass is 215 g/mol. The van der Waals surface area contributed by atoms with E-state index in [0.717, 1.165) is 0 Å². The van der Waals surface area contributed by atoms with Gasteiger partial charge in [-0.05, 0) is 6.08 Å². The van der Waals surface area contributed by atoms with Crippen molar-refractivity contribution in [2.24, 2.45) is 0 Å². The lowest BCUT2D eigenvalue weighted by Crippen LogP contribution is -2.44. The normalized spacial score (nSPS) is 33.3. The zero-order valence-corrected chi connectivity index (χ0v) is 6.70. The van der Waals surface area contributed by atoms with Crippen LogP contribution in [0.1, 0.15) is 0 Å². The van der Waals surface area contributed by atoms with Gasteiger partial charge in [-0.3, -0.25) is 0 Å². The zero-order valence-electron chi connectivity index (χ0n) is 6.70. The first-order valence-electron chi connectivity index (χ1n) is 3.56. The molecule has 0 saturated carbocycles. The third-order valence-electron chi connectivity index (χ3n) is 1.78. The maximum absolute atomic E-state index is 13.3. The van der Waals surface area contributed by atoms with Crippen LogP contribution in [0.25, 0.3) is 0 Å². The summed E-state index contributed by atoms with van der Waals surface area (Å²) in [6, 6.07) is 0. The van der Waals surface area contributed by atoms with Crippen molar-refractivity contribution >= 4 is 0 Å². The predicted molar refractivity (Wildman–Crippen MR) is 37.0 cm³/mol. The predicted octanol–water partition coefficient (Wildman–Crippen LogP) is 2.03. The van der Waals surface area contributed by atoms with Crippen LogP contribution < -0.4 is 5.48 Å². The highest BCUT2D eigenvalue weighted by atomic mass is 19.2. The van der Waals surface area contributed by atoms with Crippen molar-refractivity contribution in [2.75, 3.05) is 6.54 Å². The van der Waals surface area contributed by atoms with E-state index < -0.39 is 35.9 Å². The fraction of sp³-hybridized carbons (Fsp3) is 0.429. The van der Waals surface area contributed by atoms with Crippen molar-refractivity contribution in [2.45, 2.75) is 11.8 Å². The van der Waals surface area contributed by atoms with E-state index in [0.29, 0.717) is 0 Å². The summed E-state index contributed by atoms with van der Waals surface area (Å²) < 4.78 is 63.5. The zero-order chi connectivity index (χ0) is 10.9. The summed E-state index contributed by atoms with van der Waals surface area (Å²) in [6.45, 7) is -1.08. The van der Waals surface area contributed by atoms with Gasteiger partial charge in [-0.25, -0.2) is 27.4 Å². The second-order valence-corrected chi connectivity index (χ2v) is 2.78. The molecule has 2 N–H and O–H groups in total. The number of allylic oxidation sites excluding steroid dienone is 3. The largest absolute Gasteiger partial charge is 0.317 e. The Morgan fingerprint density at radius 1 is 1.43 bits per heavy atom. The summed E-state index contributed by atoms with van der Waals surface area (Å²) >= 11 is 0. The molecule has 0 aliphatic heterocycles. The van der Waals surface area contributed by atoms with Gasteiger partial charge < -0.3 is 5.21 Å². The highest BCUT2D eigenvalue weighted by Gasteiger charge is 2.46. The Kier molecular flexibility index (Phi) is 2.91. The standard InChI is InChI=1S/C7H6F5NO/c8-3-1-7(12,2-13-14)6(11)5(10)4(3)9/h1,6,13-14H,2H2. The molecule has 14 heavy (non-hydrogen) atoms. The minimum atomic E-state index is -3.13. The molecule has 1 aliphatic rings. The lowest BCUT2D eigenvalue weighted by Gasteiger charge is -2.26. The molecule has 2 nitrogen and oxygen atoms in total. The van der Waals surface area contributed by atoms with Gasteiger partial charge in [0.2, 0.25) is 0 Å². The summed E-state index contributed by atoms with van der Waals surface area (Å²) in [7, 11) is 0. The summed E-state index contributed by atoms with van der Waals surface area (Å²) in [5, 5.41) is 8.10. The molecule has 0 heterocycles. The molecule has 0 bridgehead atoms. The Bertz CT molecular complexity index is 302. The topological polar surface area (TPSA) is 32.3 Å². The molecule has 0 saturated heterocycles. The Morgan fingerprint density at radius 3 is 2.50 bits per heavy atom. The molecule has 7 heteroatoms. The van der Waals surface area contributed by atoms with Crippen molar-refractivity contribution < 1.29 is 27.2 Å². The molecular weight excluding hydrogens is 209 g/mol. The number of hydrogen-bond donors (Lipinski definition) is 2. The van der Waals surface area contributed by atoms with Crippen LogP contribution in [0, 0.1) is 0 Å². The first-order chi connectivity index (χ1) is 6.42. The second kappa shape index (κ2) is 3.66. The summed E-state index contributed by atoms with van der Waals surface area (Å²) in [6.07, 6.45) is -3.03. The average Bonchev–Trinajstić information content (AvgIpc) is 2.12. The van der Waals surface area contributed by atoms with Crippen molar-refractivity contribution in [1.82, 2.24) is 5.48 Å². The van der Waals surface area contributed by atoms with E-state index in [2.05, 4.69) is 0 Å². The van der Waals surface area contributed by atoms with E-state index >= 15 is 0 Å². The molecule has 0 amide bonds. The number of halogens is 5. The molecule has 1 rings (SSSR count). The van der Waals surface area contributed by atoms with Gasteiger partial charge in [0.25, 0.3) is 0 Å². The van der Waals surface area contributed by atoms with Gasteiger partial charge in [0.15, 0.2) is 29.3 Å². The minimum absolute atomic E-state index is 0.0562. The molecule has 0 aromatic rings. The van der Waals surface area contributed by atoms with Crippen LogP contribution in [0.2, 0.25) is 0 Å². The lowest BCUT2D eigenvalue weighted by molar-refractivity contribution is 0.0453. The SMILES string of the molecule is ONCC1(F)C=C(F)C(F)=C(F)C1F. The van der Waals surface area contributed by atoms with Crippen molar-refractivity contribution in [3.63, 3.8) is 0 Å². The summed E-state index contributed by atoms with van der Waals surface area (Å²) in [5.74, 6) is -6.03. The Labute approximate surface area is 75.7 Å². The Balaban J connectivity index is 3.06. The second-order valence-electron chi connectivity index (χ2n) is 2.78. The molecule has 0 fully saturated rings. The van der Waals surface area contributed by atoms with E-state index in [-0.39, 0.29) is 6.08 Å². The number of alkyl halides is 2. The van der Waals surface area contributed by atoms with E-state index in [1.165, 1.54) is 5.48 Å². The first-order valence-corrected chi connectivity index (χ1v) is 3.56. The Morgan fingerprint density at radius 2 is 2.00 bits per heavy atom. The molecular formula is C7H6F5NO. The third-order valence-corrected chi connectivity index (χ3v) is 1.78. The lowest BCUT2D eigenvalue weighted by atomic mass is 9.93. The number of hydrogen-bond acceptors (Lipinski definition) is 2. The van der Waals surface area contributed by atoms with Gasteiger partial charge in [0.1, 0.15) is 0 Å². The maximum Gasteiger partial charge on any atom is 0.193 e. The van der Waals surface area contributed by atoms with Crippen LogP contribution in [0.4, 0.5) is 22.0 Å². The smallest absolute Gasteiger partial charge is 0.193 e. The summed E-state index contributed by atoms with van der Waals surface area (Å²) in [5.41, 5.74) is -1.90. The van der Waals surface area contributed by atoms with Gasteiger partial charge >= 0.3 is 0 Å². The quantitative estimate of drug-likeness (QED) is 0.545. The van der Waals surface area contributed by atoms with Crippen LogP contribution in [0.5, 0.6) is 0 Å². The minimum Gasteiger partial charge on any atom is -0.317 e. The van der Waals surface area contributed by atoms with Crippen LogP contribution in [0.15, 0.2) is 23.6 Å². The maximum atomic E-state index is 13.3. The number of hydroxylamine groups is 1. The highest BCUT2D eigenvalue weighted by Crippen LogP contribution is 2.38. The molecule has 0 spiro atoms. The van der Waals surface area contributed by atoms with E-state index in [9.17, 15) is 22.0 Å².